The lowest BCUT2D eigenvalue weighted by Crippen LogP contribution is -2.38. The number of para-hydroxylation sites is 1. The predicted octanol–water partition coefficient (Wildman–Crippen LogP) is 5.21. The van der Waals surface area contributed by atoms with E-state index in [0.717, 1.165) is 45.0 Å². The molecule has 0 unspecified atom stereocenters. The monoisotopic (exact) mass is 496 g/mol. The Balaban J connectivity index is 1.63. The normalized spacial score (nSPS) is 18.3. The lowest BCUT2D eigenvalue weighted by atomic mass is 9.85. The topological polar surface area (TPSA) is 105 Å². The van der Waals surface area contributed by atoms with Crippen LogP contribution < -0.4 is 15.4 Å². The van der Waals surface area contributed by atoms with Gasteiger partial charge in [-0.1, -0.05) is 32.0 Å². The van der Waals surface area contributed by atoms with Crippen molar-refractivity contribution < 1.29 is 22.8 Å². The minimum Gasteiger partial charge on any atom is -0.405 e. The minimum atomic E-state index is -4.82. The fraction of sp³-hybridized carbons (Fsp3) is 0.565. The summed E-state index contributed by atoms with van der Waals surface area (Å²) < 4.78 is 42.0. The second-order valence-corrected chi connectivity index (χ2v) is 8.47. The van der Waals surface area contributed by atoms with Crippen molar-refractivity contribution in [3.05, 3.63) is 46.1 Å². The summed E-state index contributed by atoms with van der Waals surface area (Å²) in [6.07, 6.45) is 0.495. The Morgan fingerprint density at radius 2 is 1.83 bits per heavy atom. The van der Waals surface area contributed by atoms with Crippen LogP contribution in [-0.2, 0) is 6.54 Å². The van der Waals surface area contributed by atoms with Crippen LogP contribution in [0.5, 0.6) is 5.75 Å². The average molecular weight is 497 g/mol. The van der Waals surface area contributed by atoms with E-state index in [9.17, 15) is 23.3 Å². The first-order valence-electron chi connectivity index (χ1n) is 11.8. The first-order chi connectivity index (χ1) is 16.7. The average Bonchev–Trinajstić information content (AvgIpc) is 2.82. The molecule has 0 spiro atoms. The number of anilines is 2. The molecule has 1 aromatic heterocycles. The summed E-state index contributed by atoms with van der Waals surface area (Å²) in [4.78, 5) is 21.5. The van der Waals surface area contributed by atoms with E-state index in [1.165, 1.54) is 18.2 Å². The second kappa shape index (κ2) is 12.0. The molecule has 35 heavy (non-hydrogen) atoms. The van der Waals surface area contributed by atoms with Crippen molar-refractivity contribution in [2.75, 3.05) is 30.3 Å². The highest BCUT2D eigenvalue weighted by Gasteiger charge is 2.32. The second-order valence-electron chi connectivity index (χ2n) is 8.47. The standard InChI is InChI=1S/C23H31F3N6O3/c1-3-31(4-2)18-11-9-16(10-12-18)13-27-21-19(32(33)34)15-29-22(30-21)28-14-17-7-5-6-8-20(17)35-23(24,25)26/h5-8,15-16,18H,3-4,9-14H2,1-2H3,(H2,27,28,29,30). The van der Waals surface area contributed by atoms with E-state index in [-0.39, 0.29) is 35.3 Å². The number of ether oxygens (including phenoxy) is 1. The van der Waals surface area contributed by atoms with Gasteiger partial charge in [0.25, 0.3) is 0 Å². The third-order valence-corrected chi connectivity index (χ3v) is 6.30. The van der Waals surface area contributed by atoms with Gasteiger partial charge in [-0.05, 0) is 50.8 Å². The summed E-state index contributed by atoms with van der Waals surface area (Å²) in [5, 5.41) is 17.4. The maximum absolute atomic E-state index is 12.7. The van der Waals surface area contributed by atoms with Crippen LogP contribution in [0.3, 0.4) is 0 Å². The van der Waals surface area contributed by atoms with Gasteiger partial charge in [0.1, 0.15) is 11.9 Å². The molecule has 0 aliphatic heterocycles. The summed E-state index contributed by atoms with van der Waals surface area (Å²) in [6.45, 7) is 6.88. The van der Waals surface area contributed by atoms with Crippen molar-refractivity contribution in [2.24, 2.45) is 5.92 Å². The molecule has 2 aromatic rings. The molecule has 1 heterocycles. The highest BCUT2D eigenvalue weighted by molar-refractivity contribution is 5.57. The largest absolute Gasteiger partial charge is 0.573 e. The fourth-order valence-corrected chi connectivity index (χ4v) is 4.47. The molecule has 0 atom stereocenters. The van der Waals surface area contributed by atoms with E-state index < -0.39 is 11.3 Å². The van der Waals surface area contributed by atoms with Crippen LogP contribution in [0.15, 0.2) is 30.5 Å². The van der Waals surface area contributed by atoms with Crippen LogP contribution >= 0.6 is 0 Å². The van der Waals surface area contributed by atoms with Crippen molar-refractivity contribution in [2.45, 2.75) is 58.5 Å². The number of hydrogen-bond acceptors (Lipinski definition) is 8. The number of nitrogens with zero attached hydrogens (tertiary/aromatic N) is 4. The molecule has 192 valence electrons. The molecule has 1 aliphatic rings. The number of hydrogen-bond donors (Lipinski definition) is 2. The summed E-state index contributed by atoms with van der Waals surface area (Å²) in [5.74, 6) is 0.176. The number of halogens is 3. The fourth-order valence-electron chi connectivity index (χ4n) is 4.47. The molecule has 1 aliphatic carbocycles. The van der Waals surface area contributed by atoms with E-state index in [1.807, 2.05) is 0 Å². The quantitative estimate of drug-likeness (QED) is 0.323. The number of aromatic nitrogens is 2. The van der Waals surface area contributed by atoms with Gasteiger partial charge < -0.3 is 20.3 Å². The molecule has 0 bridgehead atoms. The number of benzene rings is 1. The van der Waals surface area contributed by atoms with Crippen LogP contribution in [0, 0.1) is 16.0 Å². The van der Waals surface area contributed by atoms with Gasteiger partial charge in [0.2, 0.25) is 11.8 Å². The molecule has 1 saturated carbocycles. The third kappa shape index (κ3) is 7.67. The van der Waals surface area contributed by atoms with Gasteiger partial charge in [-0.2, -0.15) is 4.98 Å². The van der Waals surface area contributed by atoms with Crippen LogP contribution in [0.1, 0.15) is 45.1 Å². The molecule has 1 aromatic carbocycles. The zero-order chi connectivity index (χ0) is 25.4. The summed E-state index contributed by atoms with van der Waals surface area (Å²) in [5.41, 5.74) is -0.0144. The van der Waals surface area contributed by atoms with Crippen LogP contribution in [-0.4, -0.2) is 51.8 Å². The molecule has 2 N–H and O–H groups in total. The number of alkyl halides is 3. The Morgan fingerprint density at radius 1 is 1.14 bits per heavy atom. The van der Waals surface area contributed by atoms with Crippen molar-refractivity contribution in [3.63, 3.8) is 0 Å². The molecule has 12 heteroatoms. The van der Waals surface area contributed by atoms with Crippen LogP contribution in [0.4, 0.5) is 30.6 Å². The zero-order valence-corrected chi connectivity index (χ0v) is 19.8. The molecule has 3 rings (SSSR count). The Labute approximate surface area is 202 Å². The Morgan fingerprint density at radius 3 is 2.46 bits per heavy atom. The predicted molar refractivity (Wildman–Crippen MR) is 126 cm³/mol. The molecular weight excluding hydrogens is 465 g/mol. The minimum absolute atomic E-state index is 0.0567. The number of nitro groups is 1. The number of rotatable bonds is 11. The Bertz CT molecular complexity index is 979. The SMILES string of the molecule is CCN(CC)C1CCC(CNc2nc(NCc3ccccc3OC(F)(F)F)ncc2[N+](=O)[O-])CC1. The van der Waals surface area contributed by atoms with E-state index in [4.69, 9.17) is 0 Å². The third-order valence-electron chi connectivity index (χ3n) is 6.30. The van der Waals surface area contributed by atoms with Gasteiger partial charge in [-0.25, -0.2) is 4.98 Å². The maximum atomic E-state index is 12.7. The van der Waals surface area contributed by atoms with Crippen molar-refractivity contribution in [1.82, 2.24) is 14.9 Å². The van der Waals surface area contributed by atoms with Crippen LogP contribution in [0.2, 0.25) is 0 Å². The van der Waals surface area contributed by atoms with Crippen molar-refractivity contribution in [3.8, 4) is 5.75 Å². The summed E-state index contributed by atoms with van der Waals surface area (Å²) >= 11 is 0. The highest BCUT2D eigenvalue weighted by Crippen LogP contribution is 2.30. The van der Waals surface area contributed by atoms with Gasteiger partial charge in [0, 0.05) is 24.7 Å². The molecule has 1 fully saturated rings. The first kappa shape index (κ1) is 26.5. The Kier molecular flexibility index (Phi) is 9.07. The Hall–Kier alpha value is -3.15. The van der Waals surface area contributed by atoms with Gasteiger partial charge in [0.05, 0.1) is 4.92 Å². The molecule has 0 saturated heterocycles. The zero-order valence-electron chi connectivity index (χ0n) is 19.8. The summed E-state index contributed by atoms with van der Waals surface area (Å²) in [6, 6.07) is 6.29. The van der Waals surface area contributed by atoms with Gasteiger partial charge in [-0.15, -0.1) is 13.2 Å². The summed E-state index contributed by atoms with van der Waals surface area (Å²) in [7, 11) is 0. The molecule has 0 radical (unpaired) electrons. The van der Waals surface area contributed by atoms with Gasteiger partial charge in [0.15, 0.2) is 0 Å². The molecular formula is C23H31F3N6O3. The number of nitrogens with one attached hydrogen (secondary N) is 2. The molecule has 9 nitrogen and oxygen atoms in total. The van der Waals surface area contributed by atoms with E-state index in [1.54, 1.807) is 6.07 Å². The van der Waals surface area contributed by atoms with Crippen LogP contribution in [0.25, 0.3) is 0 Å². The van der Waals surface area contributed by atoms with Gasteiger partial charge >= 0.3 is 12.0 Å². The first-order valence-corrected chi connectivity index (χ1v) is 11.8. The lowest BCUT2D eigenvalue weighted by molar-refractivity contribution is -0.384. The van der Waals surface area contributed by atoms with Crippen molar-refractivity contribution in [1.29, 1.82) is 0 Å². The van der Waals surface area contributed by atoms with Gasteiger partial charge in [-0.3, -0.25) is 10.1 Å². The van der Waals surface area contributed by atoms with Crippen molar-refractivity contribution >= 4 is 17.5 Å². The van der Waals surface area contributed by atoms with E-state index in [2.05, 4.69) is 44.1 Å². The smallest absolute Gasteiger partial charge is 0.405 e. The highest BCUT2D eigenvalue weighted by atomic mass is 19.4. The maximum Gasteiger partial charge on any atom is 0.573 e. The van der Waals surface area contributed by atoms with E-state index in [0.29, 0.717) is 18.5 Å². The lowest BCUT2D eigenvalue weighted by Gasteiger charge is -2.35. The molecule has 0 amide bonds. The van der Waals surface area contributed by atoms with E-state index >= 15 is 0 Å².